The molecule has 0 bridgehead atoms. The van der Waals surface area contributed by atoms with Crippen molar-refractivity contribution in [2.24, 2.45) is 5.92 Å². The first kappa shape index (κ1) is 31.1. The number of carboxylic acid groups (broad SMARTS) is 1. The lowest BCUT2D eigenvalue weighted by atomic mass is 10.0. The number of amides is 3. The fourth-order valence-corrected chi connectivity index (χ4v) is 5.95. The lowest BCUT2D eigenvalue weighted by Gasteiger charge is -2.30. The number of carbonyl (C=O) groups is 4. The van der Waals surface area contributed by atoms with Gasteiger partial charge in [0.15, 0.2) is 5.82 Å². The third kappa shape index (κ3) is 7.25. The van der Waals surface area contributed by atoms with Crippen molar-refractivity contribution in [3.8, 4) is 0 Å². The highest BCUT2D eigenvalue weighted by molar-refractivity contribution is 5.96. The molecule has 13 nitrogen and oxygen atoms in total. The van der Waals surface area contributed by atoms with Crippen molar-refractivity contribution >= 4 is 23.9 Å². The number of nitrogens with one attached hydrogen (secondary N) is 2. The van der Waals surface area contributed by atoms with Crippen molar-refractivity contribution in [1.82, 2.24) is 35.7 Å². The van der Waals surface area contributed by atoms with Crippen LogP contribution < -0.4 is 10.6 Å². The van der Waals surface area contributed by atoms with Gasteiger partial charge in [0.2, 0.25) is 11.8 Å². The van der Waals surface area contributed by atoms with Gasteiger partial charge in [0.1, 0.15) is 23.2 Å². The molecule has 1 saturated heterocycles. The zero-order valence-corrected chi connectivity index (χ0v) is 25.4. The van der Waals surface area contributed by atoms with E-state index in [9.17, 15) is 24.3 Å². The number of fused-ring (bicyclic) bond motifs is 2. The molecule has 5 atom stereocenters. The predicted octanol–water partition coefficient (Wildman–Crippen LogP) is 2.78. The first-order valence-corrected chi connectivity index (χ1v) is 15.3. The van der Waals surface area contributed by atoms with Crippen LogP contribution in [0.5, 0.6) is 0 Å². The van der Waals surface area contributed by atoms with Crippen LogP contribution in [0.3, 0.4) is 0 Å². The number of rotatable bonds is 5. The first-order chi connectivity index (χ1) is 20.9. The number of hydrogen-bond acceptors (Lipinski definition) is 8. The van der Waals surface area contributed by atoms with Crippen LogP contribution in [-0.2, 0) is 25.5 Å². The topological polar surface area (TPSA) is 169 Å². The van der Waals surface area contributed by atoms with Crippen molar-refractivity contribution in [1.29, 1.82) is 0 Å². The fourth-order valence-electron chi connectivity index (χ4n) is 5.95. The summed E-state index contributed by atoms with van der Waals surface area (Å²) < 4.78 is 5.44. The molecule has 1 aliphatic carbocycles. The molecule has 1 saturated carbocycles. The first-order valence-electron chi connectivity index (χ1n) is 15.3. The van der Waals surface area contributed by atoms with E-state index in [0.29, 0.717) is 25.1 Å². The smallest absolute Gasteiger partial charge is 0.408 e. The Bertz CT molecular complexity index is 1400. The highest BCUT2D eigenvalue weighted by Crippen LogP contribution is 2.45. The summed E-state index contributed by atoms with van der Waals surface area (Å²) in [6.07, 6.45) is 7.48. The summed E-state index contributed by atoms with van der Waals surface area (Å²) in [7, 11) is 0. The normalized spacial score (nSPS) is 28.5. The van der Waals surface area contributed by atoms with Crippen LogP contribution >= 0.6 is 0 Å². The molecule has 1 aromatic carbocycles. The van der Waals surface area contributed by atoms with Gasteiger partial charge >= 0.3 is 12.1 Å². The number of hydrogen-bond donors (Lipinski definition) is 3. The van der Waals surface area contributed by atoms with Crippen LogP contribution in [-0.4, -0.2) is 83.9 Å². The van der Waals surface area contributed by atoms with Gasteiger partial charge in [-0.3, -0.25) is 9.59 Å². The molecule has 3 N–H and O–H groups in total. The van der Waals surface area contributed by atoms with Crippen LogP contribution in [0.1, 0.15) is 83.1 Å². The van der Waals surface area contributed by atoms with Crippen LogP contribution in [0.2, 0.25) is 0 Å². The summed E-state index contributed by atoms with van der Waals surface area (Å²) in [5, 5.41) is 28.5. The predicted molar refractivity (Wildman–Crippen MR) is 158 cm³/mol. The van der Waals surface area contributed by atoms with Gasteiger partial charge < -0.3 is 25.4 Å². The number of aromatic nitrogens is 4. The molecule has 44 heavy (non-hydrogen) atoms. The van der Waals surface area contributed by atoms with Crippen molar-refractivity contribution in [3.05, 3.63) is 53.9 Å². The molecule has 0 spiro atoms. The Morgan fingerprint density at radius 1 is 1.16 bits per heavy atom. The summed E-state index contributed by atoms with van der Waals surface area (Å²) in [5.74, 6) is -1.93. The Hall–Kier alpha value is -4.29. The molecular weight excluding hydrogens is 566 g/mol. The van der Waals surface area contributed by atoms with E-state index >= 15 is 0 Å². The molecule has 3 aliphatic rings. The van der Waals surface area contributed by atoms with Crippen molar-refractivity contribution in [3.63, 3.8) is 0 Å². The Morgan fingerprint density at radius 2 is 1.93 bits per heavy atom. The Morgan fingerprint density at radius 3 is 2.66 bits per heavy atom. The molecule has 2 fully saturated rings. The number of tetrazole rings is 1. The van der Waals surface area contributed by atoms with E-state index in [2.05, 4.69) is 26.0 Å². The maximum absolute atomic E-state index is 14.1. The summed E-state index contributed by atoms with van der Waals surface area (Å²) >= 11 is 0. The Kier molecular flexibility index (Phi) is 9.02. The lowest BCUT2D eigenvalue weighted by Crippen LogP contribution is -2.56. The lowest BCUT2D eigenvalue weighted by molar-refractivity contribution is -0.145. The number of carboxylic acids is 1. The summed E-state index contributed by atoms with van der Waals surface area (Å²) in [6.45, 7) is 5.31. The van der Waals surface area contributed by atoms with Crippen molar-refractivity contribution < 1.29 is 29.0 Å². The standard InChI is InChI=1S/C31H41N7O6/c1-30(2,3)44-29(43)32-23-15-11-6-4-5-10-14-21-18-31(21,28(41)42)33-26(39)24-17-22(19-37(24)27(23)40)38-35-25(34-36-38)16-20-12-8-7-9-13-20/h7-10,12-14,21-24H,4-6,11,15-19H2,1-3H3,(H,32,43)(H,33,39)(H,41,42)/b14-10-/t21-,22-,23+,24+,31-/m1/s1. The molecule has 1 aromatic heterocycles. The zero-order valence-electron chi connectivity index (χ0n) is 25.4. The van der Waals surface area contributed by atoms with Gasteiger partial charge in [0.05, 0.1) is 6.04 Å². The number of nitrogens with zero attached hydrogens (tertiary/aromatic N) is 5. The van der Waals surface area contributed by atoms with E-state index < -0.39 is 53.1 Å². The monoisotopic (exact) mass is 607 g/mol. The highest BCUT2D eigenvalue weighted by Gasteiger charge is 2.61. The summed E-state index contributed by atoms with van der Waals surface area (Å²) in [5.41, 5.74) is -1.16. The van der Waals surface area contributed by atoms with Gasteiger partial charge in [0, 0.05) is 25.3 Å². The average Bonchev–Trinajstić information content (AvgIpc) is 3.27. The number of alkyl carbamates (subject to hydrolysis) is 1. The molecule has 3 amide bonds. The van der Waals surface area contributed by atoms with Gasteiger partial charge in [-0.05, 0) is 57.2 Å². The van der Waals surface area contributed by atoms with Crippen LogP contribution in [0.25, 0.3) is 0 Å². The van der Waals surface area contributed by atoms with Crippen LogP contribution in [0.15, 0.2) is 42.5 Å². The van der Waals surface area contributed by atoms with Crippen molar-refractivity contribution in [2.45, 2.75) is 101 Å². The molecule has 13 heteroatoms. The minimum absolute atomic E-state index is 0.0912. The SMILES string of the molecule is CC(C)(C)OC(=O)N[C@H]1CCCCC/C=C\[C@@H]2C[C@@]2(C(=O)O)NC(=O)[C@@H]2C[C@@H](n3nnc(Cc4ccccc4)n3)CN2C1=O. The second-order valence-corrected chi connectivity index (χ2v) is 12.9. The van der Waals surface area contributed by atoms with Crippen LogP contribution in [0, 0.1) is 5.92 Å². The largest absolute Gasteiger partial charge is 0.479 e. The second kappa shape index (κ2) is 12.7. The summed E-state index contributed by atoms with van der Waals surface area (Å²) in [4.78, 5) is 55.8. The number of carbonyl (C=O) groups excluding carboxylic acids is 3. The number of benzene rings is 1. The quantitative estimate of drug-likeness (QED) is 0.433. The molecule has 0 unspecified atom stereocenters. The average molecular weight is 608 g/mol. The molecular formula is C31H41N7O6. The molecule has 3 heterocycles. The number of allylic oxidation sites excluding steroid dienone is 1. The molecule has 2 aliphatic heterocycles. The molecule has 2 aromatic rings. The minimum atomic E-state index is -1.41. The minimum Gasteiger partial charge on any atom is -0.479 e. The Labute approximate surface area is 256 Å². The molecule has 0 radical (unpaired) electrons. The van der Waals surface area contributed by atoms with E-state index in [1.54, 1.807) is 20.8 Å². The molecule has 236 valence electrons. The van der Waals surface area contributed by atoms with Crippen LogP contribution in [0.4, 0.5) is 4.79 Å². The maximum Gasteiger partial charge on any atom is 0.408 e. The van der Waals surface area contributed by atoms with E-state index in [4.69, 9.17) is 4.74 Å². The van der Waals surface area contributed by atoms with E-state index in [-0.39, 0.29) is 25.3 Å². The fraction of sp³-hybridized carbons (Fsp3) is 0.581. The highest BCUT2D eigenvalue weighted by atomic mass is 16.6. The Balaban J connectivity index is 1.41. The maximum atomic E-state index is 14.1. The van der Waals surface area contributed by atoms with Gasteiger partial charge in [-0.25, -0.2) is 9.59 Å². The van der Waals surface area contributed by atoms with E-state index in [0.717, 1.165) is 24.8 Å². The van der Waals surface area contributed by atoms with E-state index in [1.165, 1.54) is 9.70 Å². The van der Waals surface area contributed by atoms with Crippen molar-refractivity contribution in [2.75, 3.05) is 6.54 Å². The van der Waals surface area contributed by atoms with Gasteiger partial charge in [-0.2, -0.15) is 4.80 Å². The third-order valence-corrected chi connectivity index (χ3v) is 8.33. The van der Waals surface area contributed by atoms with Gasteiger partial charge in [-0.1, -0.05) is 55.3 Å². The zero-order chi connectivity index (χ0) is 31.5. The summed E-state index contributed by atoms with van der Waals surface area (Å²) in [6, 6.07) is 7.30. The number of aliphatic carboxylic acids is 1. The third-order valence-electron chi connectivity index (χ3n) is 8.33. The number of ether oxygens (including phenoxy) is 1. The van der Waals surface area contributed by atoms with E-state index in [1.807, 2.05) is 42.5 Å². The molecule has 5 rings (SSSR count). The van der Waals surface area contributed by atoms with Gasteiger partial charge in [0.25, 0.3) is 0 Å². The van der Waals surface area contributed by atoms with Gasteiger partial charge in [-0.15, -0.1) is 10.2 Å². The second-order valence-electron chi connectivity index (χ2n) is 12.9.